The van der Waals surface area contributed by atoms with Gasteiger partial charge in [-0.3, -0.25) is 9.48 Å². The summed E-state index contributed by atoms with van der Waals surface area (Å²) in [6.45, 7) is 6.54. The Kier molecular flexibility index (Phi) is 6.15. The van der Waals surface area contributed by atoms with Gasteiger partial charge in [0.15, 0.2) is 0 Å². The van der Waals surface area contributed by atoms with Gasteiger partial charge in [-0.15, -0.1) is 0 Å². The molecule has 1 aliphatic heterocycles. The fraction of sp³-hybridized carbons (Fsp3) is 0.455. The van der Waals surface area contributed by atoms with E-state index < -0.39 is 12.1 Å². The maximum absolute atomic E-state index is 13.0. The van der Waals surface area contributed by atoms with Gasteiger partial charge in [0.25, 0.3) is 0 Å². The molecule has 1 atom stereocenters. The minimum absolute atomic E-state index is 0.0843. The summed E-state index contributed by atoms with van der Waals surface area (Å²) >= 11 is 0. The van der Waals surface area contributed by atoms with Crippen LogP contribution in [-0.4, -0.2) is 39.9 Å². The fourth-order valence-corrected chi connectivity index (χ4v) is 3.68. The number of aromatic nitrogens is 2. The number of piperidine rings is 1. The number of hydrogen-bond donors (Lipinski definition) is 0. The Hall–Kier alpha value is -2.57. The smallest absolute Gasteiger partial charge is 0.339 e. The van der Waals surface area contributed by atoms with Crippen LogP contribution in [0.25, 0.3) is 6.08 Å². The van der Waals surface area contributed by atoms with Crippen molar-refractivity contribution >= 4 is 12.0 Å². The van der Waals surface area contributed by atoms with Gasteiger partial charge >= 0.3 is 6.18 Å². The van der Waals surface area contributed by atoms with E-state index in [9.17, 15) is 18.0 Å². The van der Waals surface area contributed by atoms with E-state index in [1.165, 1.54) is 16.5 Å². The lowest BCUT2D eigenvalue weighted by Crippen LogP contribution is -2.44. The number of alkyl halides is 3. The average molecular weight is 405 g/mol. The number of halogens is 3. The van der Waals surface area contributed by atoms with Crippen LogP contribution in [0, 0.1) is 26.7 Å². The summed E-state index contributed by atoms with van der Waals surface area (Å²) in [5.74, 6) is -1.82. The van der Waals surface area contributed by atoms with E-state index in [0.29, 0.717) is 19.5 Å². The van der Waals surface area contributed by atoms with Crippen LogP contribution in [-0.2, 0) is 11.3 Å². The van der Waals surface area contributed by atoms with Crippen LogP contribution in [0.4, 0.5) is 13.2 Å². The van der Waals surface area contributed by atoms with E-state index in [1.54, 1.807) is 6.08 Å². The van der Waals surface area contributed by atoms with Gasteiger partial charge in [0.05, 0.1) is 18.2 Å². The molecule has 1 aromatic carbocycles. The standard InChI is InChI=1S/C22H26F3N3O/c1-15-6-8-18(9-7-15)13-28-17(3)20(16(2)26-28)10-11-21(29)27-12-4-5-19(14-27)22(23,24)25/h6-11,19H,4-5,12-14H2,1-3H3/b11-10+. The van der Waals surface area contributed by atoms with Crippen molar-refractivity contribution in [3.63, 3.8) is 0 Å². The molecule has 0 radical (unpaired) electrons. The van der Waals surface area contributed by atoms with Crippen molar-refractivity contribution in [2.75, 3.05) is 13.1 Å². The van der Waals surface area contributed by atoms with Crippen molar-refractivity contribution in [3.05, 3.63) is 58.4 Å². The number of amides is 1. The fourth-order valence-electron chi connectivity index (χ4n) is 3.68. The van der Waals surface area contributed by atoms with Crippen LogP contribution in [0.15, 0.2) is 30.3 Å². The first-order valence-electron chi connectivity index (χ1n) is 9.78. The Morgan fingerprint density at radius 1 is 1.21 bits per heavy atom. The summed E-state index contributed by atoms with van der Waals surface area (Å²) in [6, 6.07) is 8.21. The molecule has 1 saturated heterocycles. The van der Waals surface area contributed by atoms with Gasteiger partial charge in [0.2, 0.25) is 5.91 Å². The Balaban J connectivity index is 1.71. The Labute approximate surface area is 169 Å². The van der Waals surface area contributed by atoms with E-state index in [1.807, 2.05) is 37.6 Å². The number of carbonyl (C=O) groups is 1. The minimum Gasteiger partial charge on any atom is -0.339 e. The van der Waals surface area contributed by atoms with Crippen LogP contribution in [0.1, 0.15) is 40.9 Å². The number of likely N-dealkylation sites (tertiary alicyclic amines) is 1. The van der Waals surface area contributed by atoms with Crippen LogP contribution in [0.3, 0.4) is 0 Å². The monoisotopic (exact) mass is 405 g/mol. The molecule has 0 saturated carbocycles. The Bertz CT molecular complexity index is 897. The van der Waals surface area contributed by atoms with Crippen molar-refractivity contribution in [1.29, 1.82) is 0 Å². The zero-order chi connectivity index (χ0) is 21.2. The number of nitrogens with zero attached hydrogens (tertiary/aromatic N) is 3. The second-order valence-corrected chi connectivity index (χ2v) is 7.73. The largest absolute Gasteiger partial charge is 0.393 e. The average Bonchev–Trinajstić information content (AvgIpc) is 2.94. The first-order valence-corrected chi connectivity index (χ1v) is 9.78. The van der Waals surface area contributed by atoms with Gasteiger partial charge in [-0.05, 0) is 45.3 Å². The van der Waals surface area contributed by atoms with Gasteiger partial charge in [0.1, 0.15) is 0 Å². The van der Waals surface area contributed by atoms with Crippen LogP contribution in [0.2, 0.25) is 0 Å². The molecule has 1 aliphatic rings. The molecule has 1 unspecified atom stereocenters. The molecular weight excluding hydrogens is 379 g/mol. The lowest BCUT2D eigenvalue weighted by atomic mass is 9.97. The highest BCUT2D eigenvalue weighted by Crippen LogP contribution is 2.33. The normalized spacial score (nSPS) is 17.9. The van der Waals surface area contributed by atoms with Crippen molar-refractivity contribution in [2.24, 2.45) is 5.92 Å². The molecule has 0 aliphatic carbocycles. The lowest BCUT2D eigenvalue weighted by Gasteiger charge is -2.33. The number of rotatable bonds is 4. The molecule has 29 heavy (non-hydrogen) atoms. The third-order valence-corrected chi connectivity index (χ3v) is 5.48. The van der Waals surface area contributed by atoms with Crippen molar-refractivity contribution in [1.82, 2.24) is 14.7 Å². The highest BCUT2D eigenvalue weighted by Gasteiger charge is 2.42. The SMILES string of the molecule is Cc1ccc(Cn2nc(C)c(/C=C/C(=O)N3CCCC(C(F)(F)F)C3)c2C)cc1. The maximum atomic E-state index is 13.0. The maximum Gasteiger partial charge on any atom is 0.393 e. The van der Waals surface area contributed by atoms with E-state index in [0.717, 1.165) is 22.5 Å². The highest BCUT2D eigenvalue weighted by molar-refractivity contribution is 5.92. The van der Waals surface area contributed by atoms with Crippen LogP contribution >= 0.6 is 0 Å². The topological polar surface area (TPSA) is 38.1 Å². The summed E-state index contributed by atoms with van der Waals surface area (Å²) < 4.78 is 40.8. The molecule has 156 valence electrons. The molecule has 4 nitrogen and oxygen atoms in total. The quantitative estimate of drug-likeness (QED) is 0.694. The third-order valence-electron chi connectivity index (χ3n) is 5.48. The van der Waals surface area contributed by atoms with Crippen molar-refractivity contribution in [3.8, 4) is 0 Å². The van der Waals surface area contributed by atoms with Crippen molar-refractivity contribution in [2.45, 2.75) is 46.3 Å². The molecule has 3 rings (SSSR count). The van der Waals surface area contributed by atoms with E-state index in [2.05, 4.69) is 17.2 Å². The molecule has 1 fully saturated rings. The summed E-state index contributed by atoms with van der Waals surface area (Å²) in [5.41, 5.74) is 4.84. The molecule has 1 aromatic heterocycles. The zero-order valence-electron chi connectivity index (χ0n) is 17.0. The number of carbonyl (C=O) groups excluding carboxylic acids is 1. The molecular formula is C22H26F3N3O. The second kappa shape index (κ2) is 8.43. The molecule has 0 bridgehead atoms. The van der Waals surface area contributed by atoms with Crippen molar-refractivity contribution < 1.29 is 18.0 Å². The third kappa shape index (κ3) is 5.08. The molecule has 0 N–H and O–H groups in total. The van der Waals surface area contributed by atoms with E-state index in [-0.39, 0.29) is 18.9 Å². The van der Waals surface area contributed by atoms with Crippen LogP contribution < -0.4 is 0 Å². The molecule has 7 heteroatoms. The van der Waals surface area contributed by atoms with Crippen LogP contribution in [0.5, 0.6) is 0 Å². The summed E-state index contributed by atoms with van der Waals surface area (Å²) in [5, 5.41) is 4.55. The number of aryl methyl sites for hydroxylation is 2. The number of benzene rings is 1. The van der Waals surface area contributed by atoms with E-state index in [4.69, 9.17) is 0 Å². The Morgan fingerprint density at radius 2 is 1.90 bits per heavy atom. The predicted molar refractivity (Wildman–Crippen MR) is 106 cm³/mol. The Morgan fingerprint density at radius 3 is 2.55 bits per heavy atom. The molecule has 0 spiro atoms. The van der Waals surface area contributed by atoms with Gasteiger partial charge in [-0.1, -0.05) is 29.8 Å². The molecule has 1 amide bonds. The lowest BCUT2D eigenvalue weighted by molar-refractivity contribution is -0.187. The second-order valence-electron chi connectivity index (χ2n) is 7.73. The van der Waals surface area contributed by atoms with Gasteiger partial charge in [0, 0.05) is 30.4 Å². The van der Waals surface area contributed by atoms with Gasteiger partial charge in [-0.2, -0.15) is 18.3 Å². The highest BCUT2D eigenvalue weighted by atomic mass is 19.4. The molecule has 2 heterocycles. The number of hydrogen-bond acceptors (Lipinski definition) is 2. The summed E-state index contributed by atoms with van der Waals surface area (Å²) in [4.78, 5) is 13.7. The first-order chi connectivity index (χ1) is 13.6. The molecule has 2 aromatic rings. The minimum atomic E-state index is -4.26. The summed E-state index contributed by atoms with van der Waals surface area (Å²) in [7, 11) is 0. The van der Waals surface area contributed by atoms with Gasteiger partial charge < -0.3 is 4.90 Å². The predicted octanol–water partition coefficient (Wildman–Crippen LogP) is 4.67. The summed E-state index contributed by atoms with van der Waals surface area (Å²) in [6.07, 6.45) is -0.765. The first kappa shape index (κ1) is 21.1. The van der Waals surface area contributed by atoms with E-state index >= 15 is 0 Å². The zero-order valence-corrected chi connectivity index (χ0v) is 17.0. The van der Waals surface area contributed by atoms with Gasteiger partial charge in [-0.25, -0.2) is 0 Å².